The second-order valence-corrected chi connectivity index (χ2v) is 9.78. The first-order valence-electron chi connectivity index (χ1n) is 12.3. The molecule has 14 heteroatoms. The zero-order valence-corrected chi connectivity index (χ0v) is 20.7. The van der Waals surface area contributed by atoms with Gasteiger partial charge in [0.05, 0.1) is 12.8 Å². The monoisotopic (exact) mass is 531 g/mol. The van der Waals surface area contributed by atoms with Crippen LogP contribution in [-0.4, -0.2) is 56.7 Å². The Hall–Kier alpha value is -3.94. The highest BCUT2D eigenvalue weighted by Gasteiger charge is 2.48. The molecule has 5 rings (SSSR count). The van der Waals surface area contributed by atoms with Gasteiger partial charge in [-0.1, -0.05) is 5.16 Å². The molecule has 0 bridgehead atoms. The Kier molecular flexibility index (Phi) is 7.06. The van der Waals surface area contributed by atoms with Gasteiger partial charge in [0, 0.05) is 18.9 Å². The maximum absolute atomic E-state index is 14.9. The molecule has 38 heavy (non-hydrogen) atoms. The lowest BCUT2D eigenvalue weighted by Crippen LogP contribution is -2.50. The molecule has 3 heterocycles. The molecule has 3 N–H and O–H groups in total. The van der Waals surface area contributed by atoms with E-state index < -0.39 is 41.2 Å². The van der Waals surface area contributed by atoms with Crippen LogP contribution in [0.3, 0.4) is 0 Å². The molecule has 3 aromatic heterocycles. The Morgan fingerprint density at radius 2 is 1.95 bits per heavy atom. The van der Waals surface area contributed by atoms with Crippen molar-refractivity contribution < 1.29 is 27.7 Å². The maximum Gasteiger partial charge on any atom is 0.276 e. The minimum Gasteiger partial charge on any atom is -0.382 e. The van der Waals surface area contributed by atoms with Crippen molar-refractivity contribution in [1.29, 1.82) is 0 Å². The van der Waals surface area contributed by atoms with Gasteiger partial charge in [-0.2, -0.15) is 4.39 Å². The number of aromatic amines is 1. The molecule has 3 aromatic rings. The molecule has 0 spiro atoms. The van der Waals surface area contributed by atoms with Gasteiger partial charge < -0.3 is 20.4 Å². The van der Waals surface area contributed by atoms with E-state index in [0.717, 1.165) is 42.6 Å². The number of amides is 2. The number of carbonyl (C=O) groups excluding carboxylic acids is 2. The third-order valence-corrected chi connectivity index (χ3v) is 7.00. The minimum atomic E-state index is -1.01. The van der Waals surface area contributed by atoms with Crippen LogP contribution in [0.5, 0.6) is 0 Å². The smallest absolute Gasteiger partial charge is 0.276 e. The maximum atomic E-state index is 14.9. The van der Waals surface area contributed by atoms with Crippen molar-refractivity contribution in [2.45, 2.75) is 44.7 Å². The van der Waals surface area contributed by atoms with E-state index in [4.69, 9.17) is 4.74 Å². The van der Waals surface area contributed by atoms with E-state index in [1.807, 2.05) is 0 Å². The molecular formula is C24H27F2N7O5. The Bertz CT molecular complexity index is 1380. The number of rotatable bonds is 11. The highest BCUT2D eigenvalue weighted by Crippen LogP contribution is 2.51. The number of aryl methyl sites for hydroxylation is 1. The van der Waals surface area contributed by atoms with Gasteiger partial charge in [0.15, 0.2) is 5.69 Å². The third-order valence-electron chi connectivity index (χ3n) is 7.00. The molecule has 1 unspecified atom stereocenters. The van der Waals surface area contributed by atoms with Crippen molar-refractivity contribution in [3.05, 3.63) is 57.5 Å². The van der Waals surface area contributed by atoms with E-state index in [1.54, 1.807) is 6.92 Å². The van der Waals surface area contributed by atoms with Crippen molar-refractivity contribution in [2.24, 2.45) is 17.8 Å². The number of nitrogens with one attached hydrogen (secondary N) is 3. The molecule has 2 aliphatic carbocycles. The summed E-state index contributed by atoms with van der Waals surface area (Å²) in [6.07, 6.45) is 5.88. The van der Waals surface area contributed by atoms with Gasteiger partial charge in [-0.05, 0) is 61.6 Å². The van der Waals surface area contributed by atoms with Crippen molar-refractivity contribution in [3.63, 3.8) is 0 Å². The molecule has 0 aliphatic heterocycles. The largest absolute Gasteiger partial charge is 0.382 e. The molecular weight excluding hydrogens is 504 g/mol. The zero-order chi connectivity index (χ0) is 27.0. The van der Waals surface area contributed by atoms with E-state index in [1.165, 1.54) is 13.3 Å². The number of ether oxygens (including phenoxy) is 1. The van der Waals surface area contributed by atoms with Gasteiger partial charge in [-0.25, -0.2) is 9.02 Å². The third kappa shape index (κ3) is 5.35. The topological polar surface area (TPSA) is 157 Å². The molecule has 0 saturated heterocycles. The lowest BCUT2D eigenvalue weighted by atomic mass is 9.88. The van der Waals surface area contributed by atoms with Crippen molar-refractivity contribution in [2.75, 3.05) is 19.0 Å². The van der Waals surface area contributed by atoms with E-state index >= 15 is 0 Å². The number of halogens is 2. The summed E-state index contributed by atoms with van der Waals surface area (Å²) in [6, 6.07) is -0.909. The summed E-state index contributed by atoms with van der Waals surface area (Å²) in [5.74, 6) is -2.50. The SMILES string of the molecule is COCC(c1cc(F)c[nH]c1=O)n1cc(NC(=O)[C@@H](NC(=O)c2nonc2C)C(C2CC2)C2CC2)c(F)n1. The number of pyridine rings is 1. The predicted octanol–water partition coefficient (Wildman–Crippen LogP) is 1.95. The number of aromatic nitrogens is 5. The molecule has 2 atom stereocenters. The zero-order valence-electron chi connectivity index (χ0n) is 20.7. The highest BCUT2D eigenvalue weighted by molar-refractivity contribution is 6.01. The van der Waals surface area contributed by atoms with Crippen LogP contribution in [0.4, 0.5) is 14.5 Å². The second kappa shape index (κ2) is 10.4. The van der Waals surface area contributed by atoms with Gasteiger partial charge >= 0.3 is 0 Å². The number of nitrogens with zero attached hydrogens (tertiary/aromatic N) is 4. The van der Waals surface area contributed by atoms with Crippen molar-refractivity contribution in [1.82, 2.24) is 30.4 Å². The van der Waals surface area contributed by atoms with Gasteiger partial charge in [0.1, 0.15) is 29.3 Å². The lowest BCUT2D eigenvalue weighted by molar-refractivity contribution is -0.119. The Morgan fingerprint density at radius 3 is 2.55 bits per heavy atom. The second-order valence-electron chi connectivity index (χ2n) is 9.78. The summed E-state index contributed by atoms with van der Waals surface area (Å²) in [6.45, 7) is 1.44. The number of methoxy groups -OCH3 is 1. The Labute approximate surface area is 215 Å². The van der Waals surface area contributed by atoms with Crippen molar-refractivity contribution in [3.8, 4) is 0 Å². The van der Waals surface area contributed by atoms with Crippen LogP contribution in [-0.2, 0) is 9.53 Å². The van der Waals surface area contributed by atoms with Gasteiger partial charge in [0.2, 0.25) is 5.91 Å². The fourth-order valence-electron chi connectivity index (χ4n) is 4.89. The molecule has 12 nitrogen and oxygen atoms in total. The number of carbonyl (C=O) groups is 2. The molecule has 2 saturated carbocycles. The standard InChI is InChI=1S/C24H27F2N7O5/c1-11-19(32-38-31-11)23(35)29-20(18(12-3-4-12)13-5-6-13)24(36)28-16-9-33(30-21(16)26)17(10-37-2)15-7-14(25)8-27-22(15)34/h7-9,12-13,17-18,20H,3-6,10H2,1-2H3,(H,27,34)(H,28,36)(H,29,35)/t17?,20-/m0/s1. The van der Waals surface area contributed by atoms with Crippen LogP contribution >= 0.6 is 0 Å². The van der Waals surface area contributed by atoms with E-state index in [-0.39, 0.29) is 47.0 Å². The summed E-state index contributed by atoms with van der Waals surface area (Å²) >= 11 is 0. The Balaban J connectivity index is 1.41. The molecule has 2 fully saturated rings. The Morgan fingerprint density at radius 1 is 1.24 bits per heavy atom. The van der Waals surface area contributed by atoms with Crippen LogP contribution in [0.25, 0.3) is 0 Å². The van der Waals surface area contributed by atoms with Crippen LogP contribution in [0.15, 0.2) is 27.9 Å². The fourth-order valence-corrected chi connectivity index (χ4v) is 4.89. The average molecular weight is 532 g/mol. The first-order valence-corrected chi connectivity index (χ1v) is 12.3. The van der Waals surface area contributed by atoms with Crippen LogP contribution in [0, 0.1) is 36.4 Å². The molecule has 0 aromatic carbocycles. The van der Waals surface area contributed by atoms with E-state index in [0.29, 0.717) is 0 Å². The average Bonchev–Trinajstić information content (AvgIpc) is 3.82. The van der Waals surface area contributed by atoms with E-state index in [9.17, 15) is 23.2 Å². The highest BCUT2D eigenvalue weighted by atomic mass is 19.1. The molecule has 202 valence electrons. The summed E-state index contributed by atoms with van der Waals surface area (Å²) in [7, 11) is 1.37. The summed E-state index contributed by atoms with van der Waals surface area (Å²) < 4.78 is 39.6. The normalized spacial score (nSPS) is 16.9. The van der Waals surface area contributed by atoms with Gasteiger partial charge in [-0.15, -0.1) is 5.10 Å². The lowest BCUT2D eigenvalue weighted by Gasteiger charge is -2.27. The molecule has 2 aliphatic rings. The van der Waals surface area contributed by atoms with Crippen LogP contribution in [0.2, 0.25) is 0 Å². The summed E-state index contributed by atoms with van der Waals surface area (Å²) in [5.41, 5.74) is -0.633. The van der Waals surface area contributed by atoms with Gasteiger partial charge in [-0.3, -0.25) is 19.1 Å². The van der Waals surface area contributed by atoms with E-state index in [2.05, 4.69) is 35.7 Å². The van der Waals surface area contributed by atoms with Crippen molar-refractivity contribution >= 4 is 17.5 Å². The quantitative estimate of drug-likeness (QED) is 0.339. The number of hydrogen-bond donors (Lipinski definition) is 3. The first-order chi connectivity index (χ1) is 18.3. The summed E-state index contributed by atoms with van der Waals surface area (Å²) in [5, 5.41) is 16.3. The fraction of sp³-hybridized carbons (Fsp3) is 0.500. The number of anilines is 1. The van der Waals surface area contributed by atoms with Crippen LogP contribution < -0.4 is 16.2 Å². The number of hydrogen-bond acceptors (Lipinski definition) is 8. The first kappa shape index (κ1) is 25.7. The van der Waals surface area contributed by atoms with Gasteiger partial charge in [0.25, 0.3) is 17.4 Å². The summed E-state index contributed by atoms with van der Waals surface area (Å²) in [4.78, 5) is 41.0. The number of H-pyrrole nitrogens is 1. The molecule has 0 radical (unpaired) electrons. The molecule has 2 amide bonds. The van der Waals surface area contributed by atoms with Crippen LogP contribution in [0.1, 0.15) is 53.5 Å². The minimum absolute atomic E-state index is 0.0310. The predicted molar refractivity (Wildman–Crippen MR) is 127 cm³/mol.